The highest BCUT2D eigenvalue weighted by molar-refractivity contribution is 7.89. The summed E-state index contributed by atoms with van der Waals surface area (Å²) in [6.45, 7) is 1.80. The van der Waals surface area contributed by atoms with Gasteiger partial charge in [0.2, 0.25) is 16.3 Å². The van der Waals surface area contributed by atoms with Crippen LogP contribution in [0.25, 0.3) is 11.0 Å². The number of hydrogen-bond acceptors (Lipinski definition) is 12. The molecule has 2 aliphatic rings. The number of nitrogens with one attached hydrogen (secondary N) is 1. The lowest BCUT2D eigenvalue weighted by atomic mass is 9.86. The number of benzene rings is 1. The van der Waals surface area contributed by atoms with E-state index in [1.807, 2.05) is 11.9 Å². The van der Waals surface area contributed by atoms with E-state index < -0.39 is 52.7 Å². The molecule has 1 amide bonds. The van der Waals surface area contributed by atoms with Crippen molar-refractivity contribution in [3.63, 3.8) is 0 Å². The van der Waals surface area contributed by atoms with Crippen molar-refractivity contribution in [2.24, 2.45) is 5.92 Å². The van der Waals surface area contributed by atoms with Gasteiger partial charge in [-0.25, -0.2) is 32.7 Å². The minimum Gasteiger partial charge on any atom is -0.479 e. The molecule has 5 N–H and O–H groups in total. The number of anilines is 2. The topological polar surface area (TPSA) is 217 Å². The predicted molar refractivity (Wildman–Crippen MR) is 170 cm³/mol. The Morgan fingerprint density at radius 1 is 1.06 bits per heavy atom. The zero-order valence-corrected chi connectivity index (χ0v) is 27.2. The van der Waals surface area contributed by atoms with Gasteiger partial charge in [-0.1, -0.05) is 6.07 Å². The number of hydrogen-bond donors (Lipinski definition) is 5. The number of carbonyl (C=O) groups excluding carboxylic acids is 1. The van der Waals surface area contributed by atoms with Crippen LogP contribution < -0.4 is 19.3 Å². The van der Waals surface area contributed by atoms with Gasteiger partial charge in [0, 0.05) is 26.3 Å². The molecule has 17 heteroatoms. The number of sulfonamides is 1. The number of aliphatic hydroxyl groups excluding tert-OH is 3. The van der Waals surface area contributed by atoms with Crippen LogP contribution in [0.3, 0.4) is 0 Å². The summed E-state index contributed by atoms with van der Waals surface area (Å²) in [6.07, 6.45) is -2.99. The molecule has 1 aliphatic carbocycles. The third-order valence-electron chi connectivity index (χ3n) is 8.95. The molecular weight excluding hydrogens is 636 g/mol. The van der Waals surface area contributed by atoms with E-state index in [-0.39, 0.29) is 29.1 Å². The van der Waals surface area contributed by atoms with Crippen LogP contribution >= 0.6 is 0 Å². The second-order valence-electron chi connectivity index (χ2n) is 12.1. The third-order valence-corrected chi connectivity index (χ3v) is 10.5. The molecule has 47 heavy (non-hydrogen) atoms. The fraction of sp³-hybridized carbons (Fsp3) is 0.533. The van der Waals surface area contributed by atoms with E-state index in [1.54, 1.807) is 31.3 Å². The SMILES string of the molecule is CNS(=O)(=O)C[C@H]1CC[C@H](N(C)c2ncnc3c2ccn3C(=O)N(C)c2cc(C)ccc2O[C@@H]2O[C@H](C(=O)O)[C@@H](O)[C@H](O)[C@H]2O)CC1. The van der Waals surface area contributed by atoms with Crippen molar-refractivity contribution in [3.05, 3.63) is 42.4 Å². The molecule has 5 rings (SSSR count). The molecule has 0 radical (unpaired) electrons. The van der Waals surface area contributed by atoms with Crippen LogP contribution in [0.2, 0.25) is 0 Å². The summed E-state index contributed by atoms with van der Waals surface area (Å²) < 4.78 is 38.8. The molecule has 256 valence electrons. The third kappa shape index (κ3) is 7.05. The number of rotatable bonds is 9. The summed E-state index contributed by atoms with van der Waals surface area (Å²) in [4.78, 5) is 37.7. The van der Waals surface area contributed by atoms with Crippen LogP contribution in [0, 0.1) is 12.8 Å². The van der Waals surface area contributed by atoms with Gasteiger partial charge in [0.25, 0.3) is 0 Å². The first-order chi connectivity index (χ1) is 22.2. The number of carboxylic acid groups (broad SMARTS) is 1. The number of ether oxygens (including phenoxy) is 2. The van der Waals surface area contributed by atoms with E-state index in [4.69, 9.17) is 9.47 Å². The van der Waals surface area contributed by atoms with Crippen molar-refractivity contribution < 1.29 is 47.9 Å². The molecular formula is C30H40N6O10S. The normalized spacial score (nSPS) is 26.6. The molecule has 2 fully saturated rings. The smallest absolute Gasteiger partial charge is 0.335 e. The lowest BCUT2D eigenvalue weighted by Crippen LogP contribution is -2.61. The standard InChI is InChI=1S/C30H40N6O10S/c1-16-5-10-21(45-29-24(39)22(37)23(38)25(46-29)28(40)41)20(13-16)35(4)30(42)36-12-11-19-26(32-15-33-27(19)36)34(3)18-8-6-17(7-9-18)14-47(43,44)31-2/h5,10-13,15,17-18,22-25,29,31,37-39H,6-9,14H2,1-4H3,(H,40,41)/t17-,18-,22-,23-,24+,25-,29+/m0/s1. The number of aliphatic hydroxyl groups is 3. The summed E-state index contributed by atoms with van der Waals surface area (Å²) in [5, 5.41) is 40.8. The van der Waals surface area contributed by atoms with E-state index in [0.29, 0.717) is 16.9 Å². The maximum atomic E-state index is 13.9. The van der Waals surface area contributed by atoms with Gasteiger partial charge in [-0.3, -0.25) is 9.47 Å². The van der Waals surface area contributed by atoms with E-state index in [0.717, 1.165) is 31.2 Å². The number of aryl methyl sites for hydroxylation is 1. The van der Waals surface area contributed by atoms with Crippen LogP contribution in [0.5, 0.6) is 5.75 Å². The largest absolute Gasteiger partial charge is 0.479 e. The first kappa shape index (κ1) is 34.5. The Morgan fingerprint density at radius 2 is 1.77 bits per heavy atom. The molecule has 1 saturated carbocycles. The Morgan fingerprint density at radius 3 is 2.43 bits per heavy atom. The molecule has 0 unspecified atom stereocenters. The molecule has 5 atom stereocenters. The quantitative estimate of drug-likeness (QED) is 0.211. The Hall–Kier alpha value is -3.87. The number of carboxylic acids is 1. The van der Waals surface area contributed by atoms with Crippen molar-refractivity contribution in [1.29, 1.82) is 0 Å². The van der Waals surface area contributed by atoms with E-state index in [9.17, 15) is 38.4 Å². The van der Waals surface area contributed by atoms with Gasteiger partial charge in [-0.2, -0.15) is 0 Å². The number of carbonyl (C=O) groups is 2. The predicted octanol–water partition coefficient (Wildman–Crippen LogP) is 0.659. The zero-order valence-electron chi connectivity index (χ0n) is 26.4. The van der Waals surface area contributed by atoms with Gasteiger partial charge in [-0.15, -0.1) is 0 Å². The summed E-state index contributed by atoms with van der Waals surface area (Å²) in [6, 6.07) is 6.20. The molecule has 1 saturated heterocycles. The van der Waals surface area contributed by atoms with Crippen molar-refractivity contribution in [3.8, 4) is 5.75 Å². The van der Waals surface area contributed by atoms with Crippen molar-refractivity contribution in [2.45, 2.75) is 69.4 Å². The fourth-order valence-corrected chi connectivity index (χ4v) is 7.29. The lowest BCUT2D eigenvalue weighted by Gasteiger charge is -2.38. The van der Waals surface area contributed by atoms with Gasteiger partial charge >= 0.3 is 12.0 Å². The highest BCUT2D eigenvalue weighted by Gasteiger charge is 2.48. The Kier molecular flexibility index (Phi) is 10.0. The highest BCUT2D eigenvalue weighted by Crippen LogP contribution is 2.35. The molecule has 3 aromatic rings. The Balaban J connectivity index is 1.36. The monoisotopic (exact) mass is 676 g/mol. The number of nitrogens with zero attached hydrogens (tertiary/aromatic N) is 5. The van der Waals surface area contributed by atoms with E-state index >= 15 is 0 Å². The van der Waals surface area contributed by atoms with Gasteiger partial charge in [0.1, 0.15) is 36.2 Å². The van der Waals surface area contributed by atoms with Gasteiger partial charge in [0.05, 0.1) is 16.8 Å². The molecule has 1 aromatic carbocycles. The average Bonchev–Trinajstić information content (AvgIpc) is 3.49. The highest BCUT2D eigenvalue weighted by atomic mass is 32.2. The fourth-order valence-electron chi connectivity index (χ4n) is 6.17. The van der Waals surface area contributed by atoms with Gasteiger partial charge in [0.15, 0.2) is 11.8 Å². The first-order valence-corrected chi connectivity index (χ1v) is 16.8. The molecule has 0 spiro atoms. The minimum atomic E-state index is -3.28. The van der Waals surface area contributed by atoms with Crippen LogP contribution in [-0.4, -0.2) is 119 Å². The van der Waals surface area contributed by atoms with Crippen LogP contribution in [0.15, 0.2) is 36.8 Å². The number of aromatic nitrogens is 3. The first-order valence-electron chi connectivity index (χ1n) is 15.2. The van der Waals surface area contributed by atoms with Crippen LogP contribution in [-0.2, 0) is 19.6 Å². The number of amides is 1. The summed E-state index contributed by atoms with van der Waals surface area (Å²) in [5.74, 6) is -0.685. The second kappa shape index (κ2) is 13.7. The van der Waals surface area contributed by atoms with Crippen molar-refractivity contribution >= 4 is 44.6 Å². The maximum Gasteiger partial charge on any atom is 0.335 e. The molecule has 16 nitrogen and oxygen atoms in total. The second-order valence-corrected chi connectivity index (χ2v) is 14.0. The van der Waals surface area contributed by atoms with E-state index in [1.165, 1.54) is 36.0 Å². The van der Waals surface area contributed by atoms with Gasteiger partial charge in [-0.05, 0) is 69.3 Å². The molecule has 3 heterocycles. The zero-order chi connectivity index (χ0) is 34.2. The lowest BCUT2D eigenvalue weighted by molar-refractivity contribution is -0.271. The van der Waals surface area contributed by atoms with Crippen LogP contribution in [0.1, 0.15) is 31.2 Å². The summed E-state index contributed by atoms with van der Waals surface area (Å²) in [5.41, 5.74) is 1.37. The minimum absolute atomic E-state index is 0.0489. The summed E-state index contributed by atoms with van der Waals surface area (Å²) in [7, 11) is 1.57. The van der Waals surface area contributed by atoms with E-state index in [2.05, 4.69) is 14.7 Å². The Bertz CT molecular complexity index is 1730. The van der Waals surface area contributed by atoms with Crippen molar-refractivity contribution in [2.75, 3.05) is 36.7 Å². The molecule has 1 aliphatic heterocycles. The maximum absolute atomic E-state index is 13.9. The molecule has 2 aromatic heterocycles. The van der Waals surface area contributed by atoms with Crippen LogP contribution in [0.4, 0.5) is 16.3 Å². The Labute approximate surface area is 271 Å². The molecule has 0 bridgehead atoms. The number of aliphatic carboxylic acids is 1. The van der Waals surface area contributed by atoms with Gasteiger partial charge < -0.3 is 34.8 Å². The van der Waals surface area contributed by atoms with Crippen molar-refractivity contribution in [1.82, 2.24) is 19.3 Å². The summed E-state index contributed by atoms with van der Waals surface area (Å²) >= 11 is 0. The average molecular weight is 677 g/mol. The number of fused-ring (bicyclic) bond motifs is 1.